The lowest BCUT2D eigenvalue weighted by molar-refractivity contribution is 0.106. The molecule has 5 nitrogen and oxygen atoms in total. The van der Waals surface area contributed by atoms with Crippen LogP contribution in [0.3, 0.4) is 0 Å². The molecule has 1 unspecified atom stereocenters. The quantitative estimate of drug-likeness (QED) is 0.330. The number of piperidine rings is 1. The second-order valence-corrected chi connectivity index (χ2v) is 7.41. The van der Waals surface area contributed by atoms with Gasteiger partial charge in [0.1, 0.15) is 0 Å². The molecule has 2 N–H and O–H groups in total. The Hall–Kier alpha value is -1.51. The number of rotatable bonds is 6. The van der Waals surface area contributed by atoms with Crippen LogP contribution in [0.1, 0.15) is 24.5 Å². The van der Waals surface area contributed by atoms with Gasteiger partial charge in [0.05, 0.1) is 6.10 Å². The number of ether oxygens (including phenoxy) is 1. The largest absolute Gasteiger partial charge is 0.375 e. The molecule has 0 aromatic heterocycles. The van der Waals surface area contributed by atoms with E-state index >= 15 is 0 Å². The molecule has 0 bridgehead atoms. The van der Waals surface area contributed by atoms with Gasteiger partial charge in [-0.25, -0.2) is 0 Å². The molecule has 158 valence electrons. The van der Waals surface area contributed by atoms with Crippen LogP contribution in [-0.4, -0.2) is 45.8 Å². The summed E-state index contributed by atoms with van der Waals surface area (Å²) in [7, 11) is 3.51. The fourth-order valence-corrected chi connectivity index (χ4v) is 3.74. The molecule has 0 spiro atoms. The van der Waals surface area contributed by atoms with Crippen molar-refractivity contribution in [3.63, 3.8) is 0 Å². The van der Waals surface area contributed by atoms with Crippen molar-refractivity contribution in [1.82, 2.24) is 10.6 Å². The first-order valence-corrected chi connectivity index (χ1v) is 10.1. The van der Waals surface area contributed by atoms with Crippen LogP contribution in [0, 0.1) is 0 Å². The van der Waals surface area contributed by atoms with Crippen LogP contribution in [0.2, 0.25) is 5.02 Å². The molecule has 3 rings (SSSR count). The summed E-state index contributed by atoms with van der Waals surface area (Å²) in [6, 6.07) is 18.8. The van der Waals surface area contributed by atoms with Crippen LogP contribution < -0.4 is 15.5 Å². The molecule has 1 heterocycles. The average Bonchev–Trinajstić information content (AvgIpc) is 2.74. The second kappa shape index (κ2) is 12.2. The van der Waals surface area contributed by atoms with Gasteiger partial charge in [0.2, 0.25) is 0 Å². The van der Waals surface area contributed by atoms with E-state index in [1.54, 1.807) is 14.2 Å². The lowest BCUT2D eigenvalue weighted by atomic mass is 10.0. The Bertz CT molecular complexity index is 766. The zero-order valence-electron chi connectivity index (χ0n) is 17.0. The second-order valence-electron chi connectivity index (χ2n) is 6.97. The van der Waals surface area contributed by atoms with Crippen molar-refractivity contribution in [3.05, 3.63) is 65.2 Å². The van der Waals surface area contributed by atoms with E-state index in [1.807, 2.05) is 24.3 Å². The van der Waals surface area contributed by atoms with E-state index in [1.165, 1.54) is 5.69 Å². The van der Waals surface area contributed by atoms with Crippen LogP contribution in [-0.2, 0) is 4.74 Å². The summed E-state index contributed by atoms with van der Waals surface area (Å²) in [6.45, 7) is 2.71. The van der Waals surface area contributed by atoms with Gasteiger partial charge >= 0.3 is 0 Å². The summed E-state index contributed by atoms with van der Waals surface area (Å²) in [4.78, 5) is 6.81. The number of para-hydroxylation sites is 1. The minimum absolute atomic E-state index is 0. The number of benzene rings is 2. The van der Waals surface area contributed by atoms with Crippen molar-refractivity contribution in [2.75, 3.05) is 38.7 Å². The molecule has 2 aromatic rings. The Kier molecular flexibility index (Phi) is 10.0. The van der Waals surface area contributed by atoms with Crippen molar-refractivity contribution in [2.45, 2.75) is 25.0 Å². The average molecular weight is 529 g/mol. The highest BCUT2D eigenvalue weighted by atomic mass is 127. The molecular weight excluding hydrogens is 499 g/mol. The van der Waals surface area contributed by atoms with Gasteiger partial charge in [-0.15, -0.1) is 24.0 Å². The van der Waals surface area contributed by atoms with Gasteiger partial charge in [0.15, 0.2) is 5.96 Å². The summed E-state index contributed by atoms with van der Waals surface area (Å²) in [5.74, 6) is 0.808. The smallest absolute Gasteiger partial charge is 0.191 e. The highest BCUT2D eigenvalue weighted by Gasteiger charge is 2.20. The maximum absolute atomic E-state index is 6.10. The lowest BCUT2D eigenvalue weighted by Gasteiger charge is -2.34. The first-order chi connectivity index (χ1) is 13.7. The third kappa shape index (κ3) is 7.04. The Labute approximate surface area is 195 Å². The highest BCUT2D eigenvalue weighted by molar-refractivity contribution is 14.0. The highest BCUT2D eigenvalue weighted by Crippen LogP contribution is 2.21. The Morgan fingerprint density at radius 2 is 1.90 bits per heavy atom. The molecule has 1 atom stereocenters. The molecule has 1 saturated heterocycles. The van der Waals surface area contributed by atoms with Crippen molar-refractivity contribution < 1.29 is 4.74 Å². The maximum atomic E-state index is 6.10. The van der Waals surface area contributed by atoms with E-state index in [9.17, 15) is 0 Å². The summed E-state index contributed by atoms with van der Waals surface area (Å²) < 4.78 is 5.63. The number of nitrogens with zero attached hydrogens (tertiary/aromatic N) is 2. The van der Waals surface area contributed by atoms with Crippen molar-refractivity contribution in [1.29, 1.82) is 0 Å². The van der Waals surface area contributed by atoms with E-state index < -0.39 is 0 Å². The summed E-state index contributed by atoms with van der Waals surface area (Å²) in [6.07, 6.45) is 2.08. The summed E-state index contributed by atoms with van der Waals surface area (Å²) >= 11 is 6.10. The van der Waals surface area contributed by atoms with Gasteiger partial charge in [-0.1, -0.05) is 41.9 Å². The first-order valence-electron chi connectivity index (χ1n) is 9.75. The van der Waals surface area contributed by atoms with Crippen LogP contribution in [0.25, 0.3) is 0 Å². The van der Waals surface area contributed by atoms with Gasteiger partial charge in [0, 0.05) is 50.5 Å². The maximum Gasteiger partial charge on any atom is 0.191 e. The SMILES string of the molecule is CN=C(NCC(OC)c1cccc(Cl)c1)NC1CCN(c2ccccc2)CC1.I. The summed E-state index contributed by atoms with van der Waals surface area (Å²) in [5, 5.41) is 7.65. The number of aliphatic imine (C=N–C) groups is 1. The van der Waals surface area contributed by atoms with Gasteiger partial charge in [-0.05, 0) is 42.7 Å². The predicted octanol–water partition coefficient (Wildman–Crippen LogP) is 4.48. The van der Waals surface area contributed by atoms with Gasteiger partial charge in [-0.2, -0.15) is 0 Å². The fraction of sp³-hybridized carbons (Fsp3) is 0.409. The number of methoxy groups -OCH3 is 1. The van der Waals surface area contributed by atoms with E-state index in [0.717, 1.165) is 37.5 Å². The van der Waals surface area contributed by atoms with Crippen LogP contribution >= 0.6 is 35.6 Å². The van der Waals surface area contributed by atoms with Crippen LogP contribution in [0.4, 0.5) is 5.69 Å². The number of hydrogen-bond donors (Lipinski definition) is 2. The molecule has 1 aliphatic heterocycles. The third-order valence-electron chi connectivity index (χ3n) is 5.14. The summed E-state index contributed by atoms with van der Waals surface area (Å²) in [5.41, 5.74) is 2.35. The van der Waals surface area contributed by atoms with Crippen LogP contribution in [0.15, 0.2) is 59.6 Å². The van der Waals surface area contributed by atoms with Gasteiger partial charge in [-0.3, -0.25) is 4.99 Å². The van der Waals surface area contributed by atoms with E-state index in [-0.39, 0.29) is 30.1 Å². The molecule has 1 aliphatic rings. The van der Waals surface area contributed by atoms with Crippen molar-refractivity contribution in [3.8, 4) is 0 Å². The van der Waals surface area contributed by atoms with E-state index in [4.69, 9.17) is 16.3 Å². The number of hydrogen-bond acceptors (Lipinski definition) is 3. The molecule has 29 heavy (non-hydrogen) atoms. The molecular formula is C22H30ClIN4O. The van der Waals surface area contributed by atoms with Crippen molar-refractivity contribution >= 4 is 47.2 Å². The topological polar surface area (TPSA) is 48.9 Å². The Balaban J connectivity index is 0.00000300. The molecule has 0 saturated carbocycles. The Morgan fingerprint density at radius 3 is 2.52 bits per heavy atom. The molecule has 0 radical (unpaired) electrons. The molecule has 2 aromatic carbocycles. The molecule has 0 amide bonds. The Morgan fingerprint density at radius 1 is 1.17 bits per heavy atom. The zero-order valence-corrected chi connectivity index (χ0v) is 20.1. The zero-order chi connectivity index (χ0) is 19.8. The standard InChI is InChI=1S/C22H29ClN4O.HI/c1-24-22(25-16-21(28-2)17-7-6-8-18(23)15-17)26-19-11-13-27(14-12-19)20-9-4-3-5-10-20;/h3-10,15,19,21H,11-14,16H2,1-2H3,(H2,24,25,26);1H. The van der Waals surface area contributed by atoms with Crippen molar-refractivity contribution in [2.24, 2.45) is 4.99 Å². The number of guanidine groups is 1. The number of nitrogens with one attached hydrogen (secondary N) is 2. The minimum atomic E-state index is -0.0859. The third-order valence-corrected chi connectivity index (χ3v) is 5.38. The first kappa shape index (κ1) is 23.8. The predicted molar refractivity (Wildman–Crippen MR) is 133 cm³/mol. The molecule has 7 heteroatoms. The molecule has 1 fully saturated rings. The number of anilines is 1. The normalized spacial score (nSPS) is 16.1. The van der Waals surface area contributed by atoms with Crippen LogP contribution in [0.5, 0.6) is 0 Å². The fourth-order valence-electron chi connectivity index (χ4n) is 3.54. The monoisotopic (exact) mass is 528 g/mol. The van der Waals surface area contributed by atoms with E-state index in [2.05, 4.69) is 50.9 Å². The lowest BCUT2D eigenvalue weighted by Crippen LogP contribution is -2.49. The van der Waals surface area contributed by atoms with Gasteiger partial charge in [0.25, 0.3) is 0 Å². The van der Waals surface area contributed by atoms with Gasteiger partial charge < -0.3 is 20.3 Å². The minimum Gasteiger partial charge on any atom is -0.375 e. The molecule has 0 aliphatic carbocycles. The number of halogens is 2. The van der Waals surface area contributed by atoms with E-state index in [0.29, 0.717) is 17.6 Å².